The van der Waals surface area contributed by atoms with Crippen LogP contribution in [-0.2, 0) is 4.74 Å². The molecule has 20 heavy (non-hydrogen) atoms. The maximum Gasteiger partial charge on any atom is 0.134 e. The maximum atomic E-state index is 5.91. The number of para-hydroxylation sites is 1. The monoisotopic (exact) mass is 275 g/mol. The van der Waals surface area contributed by atoms with E-state index in [4.69, 9.17) is 9.15 Å². The minimum atomic E-state index is 0.176. The Hall–Kier alpha value is -1.32. The number of fused-ring (bicyclic) bond motifs is 1. The number of rotatable bonds is 7. The van der Waals surface area contributed by atoms with Crippen LogP contribution in [0.2, 0.25) is 0 Å². The smallest absolute Gasteiger partial charge is 0.134 e. The number of hydrogen-bond donors (Lipinski definition) is 1. The highest BCUT2D eigenvalue weighted by molar-refractivity contribution is 5.77. The highest BCUT2D eigenvalue weighted by Crippen LogP contribution is 2.24. The third kappa shape index (κ3) is 3.62. The van der Waals surface area contributed by atoms with Crippen LogP contribution in [0.4, 0.5) is 0 Å². The van der Waals surface area contributed by atoms with Crippen molar-refractivity contribution in [1.82, 2.24) is 5.32 Å². The lowest BCUT2D eigenvalue weighted by Gasteiger charge is -2.25. The first kappa shape index (κ1) is 15.1. The SMILES string of the molecule is CCOCC(NC(C)c1cc2ccccc2o1)C(C)C. The fourth-order valence-corrected chi connectivity index (χ4v) is 2.30. The van der Waals surface area contributed by atoms with Crippen LogP contribution >= 0.6 is 0 Å². The molecule has 2 atom stereocenters. The normalized spacial score (nSPS) is 14.8. The summed E-state index contributed by atoms with van der Waals surface area (Å²) in [6.07, 6.45) is 0. The molecule has 2 unspecified atom stereocenters. The van der Waals surface area contributed by atoms with Gasteiger partial charge in [0.15, 0.2) is 0 Å². The number of nitrogens with one attached hydrogen (secondary N) is 1. The first-order valence-electron chi connectivity index (χ1n) is 7.44. The van der Waals surface area contributed by atoms with Crippen molar-refractivity contribution in [2.75, 3.05) is 13.2 Å². The van der Waals surface area contributed by atoms with Crippen molar-refractivity contribution in [3.63, 3.8) is 0 Å². The number of benzene rings is 1. The summed E-state index contributed by atoms with van der Waals surface area (Å²) in [5, 5.41) is 4.76. The molecular weight excluding hydrogens is 250 g/mol. The molecule has 0 saturated carbocycles. The van der Waals surface area contributed by atoms with Gasteiger partial charge in [-0.2, -0.15) is 0 Å². The molecule has 0 aliphatic rings. The van der Waals surface area contributed by atoms with Crippen LogP contribution in [0.15, 0.2) is 34.7 Å². The van der Waals surface area contributed by atoms with Gasteiger partial charge in [0.1, 0.15) is 11.3 Å². The molecule has 0 aliphatic carbocycles. The van der Waals surface area contributed by atoms with Crippen LogP contribution in [0, 0.1) is 5.92 Å². The second-order valence-corrected chi connectivity index (χ2v) is 5.58. The third-order valence-electron chi connectivity index (χ3n) is 3.64. The van der Waals surface area contributed by atoms with Gasteiger partial charge >= 0.3 is 0 Å². The van der Waals surface area contributed by atoms with Gasteiger partial charge in [0.05, 0.1) is 12.6 Å². The second kappa shape index (κ2) is 6.91. The summed E-state index contributed by atoms with van der Waals surface area (Å²) in [7, 11) is 0. The van der Waals surface area contributed by atoms with Gasteiger partial charge in [0, 0.05) is 18.0 Å². The van der Waals surface area contributed by atoms with E-state index in [0.717, 1.165) is 29.9 Å². The van der Waals surface area contributed by atoms with Crippen molar-refractivity contribution < 1.29 is 9.15 Å². The lowest BCUT2D eigenvalue weighted by atomic mass is 10.0. The molecule has 2 aromatic rings. The first-order chi connectivity index (χ1) is 9.61. The molecule has 0 fully saturated rings. The predicted octanol–water partition coefficient (Wildman–Crippen LogP) is 4.14. The van der Waals surface area contributed by atoms with Crippen LogP contribution in [0.1, 0.15) is 39.5 Å². The highest BCUT2D eigenvalue weighted by atomic mass is 16.5. The van der Waals surface area contributed by atoms with Gasteiger partial charge in [-0.3, -0.25) is 0 Å². The molecule has 1 N–H and O–H groups in total. The molecular formula is C17H25NO2. The average Bonchev–Trinajstić information content (AvgIpc) is 2.86. The van der Waals surface area contributed by atoms with Crippen molar-refractivity contribution in [3.8, 4) is 0 Å². The Kier molecular flexibility index (Phi) is 5.21. The molecule has 0 saturated heterocycles. The Bertz CT molecular complexity index is 500. The molecule has 0 radical (unpaired) electrons. The molecule has 3 nitrogen and oxygen atoms in total. The third-order valence-corrected chi connectivity index (χ3v) is 3.64. The summed E-state index contributed by atoms with van der Waals surface area (Å²) in [6.45, 7) is 10.1. The Balaban J connectivity index is 2.07. The van der Waals surface area contributed by atoms with Crippen molar-refractivity contribution in [3.05, 3.63) is 36.1 Å². The molecule has 1 aromatic heterocycles. The zero-order valence-electron chi connectivity index (χ0n) is 12.8. The topological polar surface area (TPSA) is 34.4 Å². The van der Waals surface area contributed by atoms with Crippen molar-refractivity contribution >= 4 is 11.0 Å². The molecule has 1 aromatic carbocycles. The van der Waals surface area contributed by atoms with Crippen LogP contribution in [0.5, 0.6) is 0 Å². The van der Waals surface area contributed by atoms with Gasteiger partial charge in [-0.15, -0.1) is 0 Å². The van der Waals surface area contributed by atoms with Gasteiger partial charge < -0.3 is 14.5 Å². The van der Waals surface area contributed by atoms with E-state index in [1.54, 1.807) is 0 Å². The van der Waals surface area contributed by atoms with Crippen LogP contribution in [0.25, 0.3) is 11.0 Å². The summed E-state index contributed by atoms with van der Waals surface area (Å²) >= 11 is 0. The lowest BCUT2D eigenvalue weighted by Crippen LogP contribution is -2.39. The zero-order chi connectivity index (χ0) is 14.5. The molecule has 0 bridgehead atoms. The molecule has 1 heterocycles. The summed E-state index contributed by atoms with van der Waals surface area (Å²) in [5.41, 5.74) is 0.946. The molecule has 0 spiro atoms. The molecule has 110 valence electrons. The van der Waals surface area contributed by atoms with E-state index in [1.807, 2.05) is 25.1 Å². The van der Waals surface area contributed by atoms with Gasteiger partial charge in [0.25, 0.3) is 0 Å². The molecule has 0 aliphatic heterocycles. The minimum Gasteiger partial charge on any atom is -0.459 e. The largest absolute Gasteiger partial charge is 0.459 e. The van der Waals surface area contributed by atoms with E-state index >= 15 is 0 Å². The van der Waals surface area contributed by atoms with Gasteiger partial charge in [-0.05, 0) is 31.9 Å². The maximum absolute atomic E-state index is 5.91. The number of furan rings is 1. The standard InChI is InChI=1S/C17H25NO2/c1-5-19-11-15(12(2)3)18-13(4)17-10-14-8-6-7-9-16(14)20-17/h6-10,12-13,15,18H,5,11H2,1-4H3. The zero-order valence-corrected chi connectivity index (χ0v) is 12.8. The quantitative estimate of drug-likeness (QED) is 0.824. The van der Waals surface area contributed by atoms with Crippen molar-refractivity contribution in [2.45, 2.75) is 39.8 Å². The molecule has 2 rings (SSSR count). The van der Waals surface area contributed by atoms with E-state index in [0.29, 0.717) is 12.0 Å². The average molecular weight is 275 g/mol. The summed E-state index contributed by atoms with van der Waals surface area (Å²) in [4.78, 5) is 0. The Morgan fingerprint density at radius 1 is 1.20 bits per heavy atom. The minimum absolute atomic E-state index is 0.176. The predicted molar refractivity (Wildman–Crippen MR) is 82.9 cm³/mol. The molecule has 3 heteroatoms. The van der Waals surface area contributed by atoms with Crippen LogP contribution in [0.3, 0.4) is 0 Å². The van der Waals surface area contributed by atoms with Gasteiger partial charge in [0.2, 0.25) is 0 Å². The Morgan fingerprint density at radius 3 is 2.60 bits per heavy atom. The van der Waals surface area contributed by atoms with E-state index in [1.165, 1.54) is 0 Å². The Morgan fingerprint density at radius 2 is 1.95 bits per heavy atom. The van der Waals surface area contributed by atoms with Gasteiger partial charge in [-0.1, -0.05) is 32.0 Å². The summed E-state index contributed by atoms with van der Waals surface area (Å²) < 4.78 is 11.5. The van der Waals surface area contributed by atoms with E-state index in [9.17, 15) is 0 Å². The van der Waals surface area contributed by atoms with E-state index < -0.39 is 0 Å². The molecule has 0 amide bonds. The first-order valence-corrected chi connectivity index (χ1v) is 7.44. The summed E-state index contributed by atoms with van der Waals surface area (Å²) in [5.74, 6) is 1.50. The van der Waals surface area contributed by atoms with E-state index in [2.05, 4.69) is 38.2 Å². The van der Waals surface area contributed by atoms with Gasteiger partial charge in [-0.25, -0.2) is 0 Å². The fourth-order valence-electron chi connectivity index (χ4n) is 2.30. The second-order valence-electron chi connectivity index (χ2n) is 5.58. The lowest BCUT2D eigenvalue weighted by molar-refractivity contribution is 0.103. The Labute approximate surface area is 121 Å². The summed E-state index contributed by atoms with van der Waals surface area (Å²) in [6, 6.07) is 10.7. The van der Waals surface area contributed by atoms with Crippen LogP contribution < -0.4 is 5.32 Å². The van der Waals surface area contributed by atoms with E-state index in [-0.39, 0.29) is 6.04 Å². The fraction of sp³-hybridized carbons (Fsp3) is 0.529. The van der Waals surface area contributed by atoms with Crippen molar-refractivity contribution in [2.24, 2.45) is 5.92 Å². The number of hydrogen-bond acceptors (Lipinski definition) is 3. The number of ether oxygens (including phenoxy) is 1. The highest BCUT2D eigenvalue weighted by Gasteiger charge is 2.19. The van der Waals surface area contributed by atoms with Crippen molar-refractivity contribution in [1.29, 1.82) is 0 Å². The van der Waals surface area contributed by atoms with Crippen LogP contribution in [-0.4, -0.2) is 19.3 Å².